The Bertz CT molecular complexity index is 3260. The van der Waals surface area contributed by atoms with Gasteiger partial charge in [0, 0.05) is 33.0 Å². The number of anilines is 3. The van der Waals surface area contributed by atoms with Crippen molar-refractivity contribution < 1.29 is 4.42 Å². The van der Waals surface area contributed by atoms with E-state index in [4.69, 9.17) is 4.42 Å². The van der Waals surface area contributed by atoms with Crippen LogP contribution in [-0.4, -0.2) is 0 Å². The van der Waals surface area contributed by atoms with Gasteiger partial charge in [-0.2, -0.15) is 0 Å². The van der Waals surface area contributed by atoms with Crippen LogP contribution < -0.4 is 4.90 Å². The molecule has 11 rings (SSSR count). The molecule has 262 valence electrons. The van der Waals surface area contributed by atoms with Gasteiger partial charge in [-0.15, -0.1) is 0 Å². The van der Waals surface area contributed by atoms with E-state index in [1.165, 1.54) is 54.6 Å². The maximum absolute atomic E-state index is 6.77. The number of hydrogen-bond donors (Lipinski definition) is 0. The highest BCUT2D eigenvalue weighted by atomic mass is 16.3. The highest BCUT2D eigenvalue weighted by Crippen LogP contribution is 2.46. The molecule has 56 heavy (non-hydrogen) atoms. The molecule has 0 aliphatic heterocycles. The van der Waals surface area contributed by atoms with Gasteiger partial charge in [-0.3, -0.25) is 0 Å². The molecular formula is C54H35NO. The summed E-state index contributed by atoms with van der Waals surface area (Å²) in [5, 5.41) is 9.51. The predicted octanol–water partition coefficient (Wildman–Crippen LogP) is 15.5. The van der Waals surface area contributed by atoms with Gasteiger partial charge in [0.15, 0.2) is 0 Å². The molecule has 0 spiro atoms. The molecule has 0 saturated heterocycles. The number of furan rings is 1. The zero-order valence-corrected chi connectivity index (χ0v) is 30.6. The Morgan fingerprint density at radius 1 is 0.304 bits per heavy atom. The average Bonchev–Trinajstić information content (AvgIpc) is 3.63. The lowest BCUT2D eigenvalue weighted by molar-refractivity contribution is 0.670. The van der Waals surface area contributed by atoms with Crippen LogP contribution in [0, 0.1) is 0 Å². The fraction of sp³-hybridized carbons (Fsp3) is 0. The molecule has 0 atom stereocenters. The number of para-hydroxylation sites is 2. The van der Waals surface area contributed by atoms with Crippen molar-refractivity contribution in [3.8, 4) is 33.4 Å². The third kappa shape index (κ3) is 5.42. The first kappa shape index (κ1) is 32.0. The van der Waals surface area contributed by atoms with Crippen molar-refractivity contribution in [2.24, 2.45) is 0 Å². The number of hydrogen-bond acceptors (Lipinski definition) is 2. The summed E-state index contributed by atoms with van der Waals surface area (Å²) in [5.74, 6) is 0. The molecule has 0 radical (unpaired) electrons. The van der Waals surface area contributed by atoms with Crippen molar-refractivity contribution >= 4 is 71.3 Å². The van der Waals surface area contributed by atoms with E-state index >= 15 is 0 Å². The molecule has 10 aromatic carbocycles. The maximum atomic E-state index is 6.77. The lowest BCUT2D eigenvalue weighted by Crippen LogP contribution is -2.11. The van der Waals surface area contributed by atoms with Crippen molar-refractivity contribution in [1.82, 2.24) is 0 Å². The Labute approximate surface area is 325 Å². The number of nitrogens with zero attached hydrogens (tertiary/aromatic N) is 1. The normalized spacial score (nSPS) is 11.6. The Hall–Kier alpha value is -7.42. The van der Waals surface area contributed by atoms with Gasteiger partial charge in [-0.1, -0.05) is 164 Å². The molecule has 0 saturated carbocycles. The van der Waals surface area contributed by atoms with E-state index in [0.717, 1.165) is 50.1 Å². The van der Waals surface area contributed by atoms with Crippen molar-refractivity contribution in [2.45, 2.75) is 0 Å². The van der Waals surface area contributed by atoms with Gasteiger partial charge in [-0.25, -0.2) is 0 Å². The molecule has 1 aromatic heterocycles. The minimum Gasteiger partial charge on any atom is -0.455 e. The molecule has 0 amide bonds. The van der Waals surface area contributed by atoms with E-state index in [-0.39, 0.29) is 0 Å². The van der Waals surface area contributed by atoms with Crippen LogP contribution in [-0.2, 0) is 0 Å². The minimum absolute atomic E-state index is 0.893. The van der Waals surface area contributed by atoms with Crippen LogP contribution in [0.25, 0.3) is 87.6 Å². The molecule has 0 aliphatic rings. The number of rotatable bonds is 6. The van der Waals surface area contributed by atoms with Gasteiger partial charge in [0.25, 0.3) is 0 Å². The molecule has 0 unspecified atom stereocenters. The standard InChI is InChI=1S/C54H35NO/c1-2-14-39-33-44(27-26-36(39)12-1)41-19-9-18-40(32-41)37-28-30-45(31-29-37)55(51-25-10-17-38-13-5-6-20-46(38)51)52-24-8-7-21-47(52)48-22-11-23-49-50-34-42-15-3-4-16-43(42)35-53(50)56-54(48)49/h1-35H. The highest BCUT2D eigenvalue weighted by molar-refractivity contribution is 6.14. The zero-order valence-electron chi connectivity index (χ0n) is 30.6. The van der Waals surface area contributed by atoms with Crippen LogP contribution in [0.4, 0.5) is 17.1 Å². The molecule has 0 N–H and O–H groups in total. The van der Waals surface area contributed by atoms with Crippen LogP contribution in [0.15, 0.2) is 217 Å². The van der Waals surface area contributed by atoms with E-state index < -0.39 is 0 Å². The topological polar surface area (TPSA) is 16.4 Å². The van der Waals surface area contributed by atoms with Crippen molar-refractivity contribution in [3.05, 3.63) is 212 Å². The SMILES string of the molecule is c1cc(-c2ccc(N(c3ccccc3-c3cccc4c3oc3cc5ccccc5cc34)c3cccc4ccccc34)cc2)cc(-c2ccc3ccccc3c2)c1. The smallest absolute Gasteiger partial charge is 0.143 e. The van der Waals surface area contributed by atoms with Crippen molar-refractivity contribution in [3.63, 3.8) is 0 Å². The first-order valence-electron chi connectivity index (χ1n) is 19.2. The van der Waals surface area contributed by atoms with Crippen LogP contribution >= 0.6 is 0 Å². The van der Waals surface area contributed by atoms with Crippen molar-refractivity contribution in [2.75, 3.05) is 4.90 Å². The largest absolute Gasteiger partial charge is 0.455 e. The van der Waals surface area contributed by atoms with Crippen LogP contribution in [0.1, 0.15) is 0 Å². The minimum atomic E-state index is 0.893. The summed E-state index contributed by atoms with van der Waals surface area (Å²) in [6, 6.07) is 76.5. The van der Waals surface area contributed by atoms with Crippen LogP contribution in [0.2, 0.25) is 0 Å². The molecule has 11 aromatic rings. The second kappa shape index (κ2) is 13.2. The molecule has 0 bridgehead atoms. The van der Waals surface area contributed by atoms with Crippen LogP contribution in [0.5, 0.6) is 0 Å². The zero-order chi connectivity index (χ0) is 37.0. The predicted molar refractivity (Wildman–Crippen MR) is 237 cm³/mol. The first-order chi connectivity index (χ1) is 27.7. The Kier molecular flexibility index (Phi) is 7.53. The maximum Gasteiger partial charge on any atom is 0.143 e. The lowest BCUT2D eigenvalue weighted by atomic mass is 9.96. The van der Waals surface area contributed by atoms with Gasteiger partial charge in [0.1, 0.15) is 11.2 Å². The average molecular weight is 714 g/mol. The summed E-state index contributed by atoms with van der Waals surface area (Å²) in [7, 11) is 0. The third-order valence-corrected chi connectivity index (χ3v) is 11.2. The van der Waals surface area contributed by atoms with Gasteiger partial charge < -0.3 is 9.32 Å². The van der Waals surface area contributed by atoms with Gasteiger partial charge >= 0.3 is 0 Å². The van der Waals surface area contributed by atoms with E-state index in [2.05, 4.69) is 217 Å². The Morgan fingerprint density at radius 3 is 1.70 bits per heavy atom. The molecule has 2 heteroatoms. The van der Waals surface area contributed by atoms with Gasteiger partial charge in [0.05, 0.1) is 11.4 Å². The van der Waals surface area contributed by atoms with E-state index in [1.54, 1.807) is 0 Å². The third-order valence-electron chi connectivity index (χ3n) is 11.2. The second-order valence-electron chi connectivity index (χ2n) is 14.5. The van der Waals surface area contributed by atoms with E-state index in [1.807, 2.05) is 0 Å². The molecule has 2 nitrogen and oxygen atoms in total. The van der Waals surface area contributed by atoms with Crippen molar-refractivity contribution in [1.29, 1.82) is 0 Å². The molecular weight excluding hydrogens is 679 g/mol. The molecule has 0 aliphatic carbocycles. The summed E-state index contributed by atoms with van der Waals surface area (Å²) >= 11 is 0. The summed E-state index contributed by atoms with van der Waals surface area (Å²) in [6.07, 6.45) is 0. The summed E-state index contributed by atoms with van der Waals surface area (Å²) in [6.45, 7) is 0. The quantitative estimate of drug-likeness (QED) is 0.171. The first-order valence-corrected chi connectivity index (χ1v) is 19.2. The fourth-order valence-corrected chi connectivity index (χ4v) is 8.45. The van der Waals surface area contributed by atoms with Gasteiger partial charge in [0.2, 0.25) is 0 Å². The highest BCUT2D eigenvalue weighted by Gasteiger charge is 2.22. The summed E-state index contributed by atoms with van der Waals surface area (Å²) < 4.78 is 6.77. The van der Waals surface area contributed by atoms with Gasteiger partial charge in [-0.05, 0) is 97.7 Å². The lowest BCUT2D eigenvalue weighted by Gasteiger charge is -2.29. The van der Waals surface area contributed by atoms with Crippen LogP contribution in [0.3, 0.4) is 0 Å². The summed E-state index contributed by atoms with van der Waals surface area (Å²) in [5.41, 5.74) is 12.0. The molecule has 1 heterocycles. The van der Waals surface area contributed by atoms with E-state index in [0.29, 0.717) is 0 Å². The Balaban J connectivity index is 1.06. The monoisotopic (exact) mass is 713 g/mol. The number of benzene rings is 10. The second-order valence-corrected chi connectivity index (χ2v) is 14.5. The fourth-order valence-electron chi connectivity index (χ4n) is 8.45. The van der Waals surface area contributed by atoms with E-state index in [9.17, 15) is 0 Å². The Morgan fingerprint density at radius 2 is 0.857 bits per heavy atom. The number of fused-ring (bicyclic) bond motifs is 6. The summed E-state index contributed by atoms with van der Waals surface area (Å²) in [4.78, 5) is 2.41. The molecule has 0 fully saturated rings.